The van der Waals surface area contributed by atoms with Crippen molar-refractivity contribution in [2.24, 2.45) is 7.05 Å². The lowest BCUT2D eigenvalue weighted by atomic mass is 9.91. The number of rotatable bonds is 2. The molecule has 1 saturated heterocycles. The van der Waals surface area contributed by atoms with Gasteiger partial charge in [-0.05, 0) is 18.1 Å². The Hall–Kier alpha value is -2.63. The number of nitrogens with one attached hydrogen (secondary N) is 2. The summed E-state index contributed by atoms with van der Waals surface area (Å²) in [4.78, 5) is 27.2. The van der Waals surface area contributed by atoms with Crippen LogP contribution < -0.4 is 10.6 Å². The fourth-order valence-corrected chi connectivity index (χ4v) is 2.36. The minimum Gasteiger partial charge on any atom is -0.334 e. The second-order valence-corrected chi connectivity index (χ2v) is 5.00. The van der Waals surface area contributed by atoms with Gasteiger partial charge in [-0.2, -0.15) is 0 Å². The number of nitrogens with zero attached hydrogens (tertiary/aromatic N) is 2. The van der Waals surface area contributed by atoms with E-state index < -0.39 is 11.6 Å². The van der Waals surface area contributed by atoms with E-state index in [4.69, 9.17) is 0 Å². The molecular formula is C14H14N4O2. The van der Waals surface area contributed by atoms with Crippen LogP contribution in [0.4, 0.5) is 4.79 Å². The molecule has 2 N–H and O–H groups in total. The molecule has 1 aromatic heterocycles. The van der Waals surface area contributed by atoms with Crippen LogP contribution in [0.2, 0.25) is 0 Å². The van der Waals surface area contributed by atoms with Crippen molar-refractivity contribution in [2.75, 3.05) is 0 Å². The molecule has 2 heterocycles. The summed E-state index contributed by atoms with van der Waals surface area (Å²) < 4.78 is 1.92. The third-order valence-corrected chi connectivity index (χ3v) is 3.62. The summed E-state index contributed by atoms with van der Waals surface area (Å²) >= 11 is 0. The van der Waals surface area contributed by atoms with E-state index in [-0.39, 0.29) is 5.91 Å². The number of hydrogen-bond acceptors (Lipinski definition) is 3. The summed E-state index contributed by atoms with van der Waals surface area (Å²) in [7, 11) is 1.92. The van der Waals surface area contributed by atoms with Crippen molar-refractivity contribution in [2.45, 2.75) is 12.5 Å². The lowest BCUT2D eigenvalue weighted by Gasteiger charge is -2.21. The summed E-state index contributed by atoms with van der Waals surface area (Å²) in [5.74, 6) is -0.337. The number of carbonyl (C=O) groups excluding carboxylic acids is 2. The van der Waals surface area contributed by atoms with Crippen LogP contribution in [0.1, 0.15) is 12.5 Å². The maximum Gasteiger partial charge on any atom is 0.322 e. The molecule has 0 aliphatic carbocycles. The highest BCUT2D eigenvalue weighted by Crippen LogP contribution is 2.27. The van der Waals surface area contributed by atoms with Gasteiger partial charge in [-0.3, -0.25) is 10.1 Å². The zero-order chi connectivity index (χ0) is 14.3. The molecule has 6 nitrogen and oxygen atoms in total. The molecule has 2 aromatic rings. The standard InChI is InChI=1S/C14H14N4O2/c1-14(12(19)16-13(20)17-14)10-5-3-9(4-6-10)11-7-15-8-18(11)2/h3-8H,1-2H3,(H2,16,17,19,20)/t14-/m1/s1. The lowest BCUT2D eigenvalue weighted by molar-refractivity contribution is -0.123. The van der Waals surface area contributed by atoms with Crippen molar-refractivity contribution in [3.05, 3.63) is 42.4 Å². The summed E-state index contributed by atoms with van der Waals surface area (Å²) in [5, 5.41) is 4.90. The number of urea groups is 1. The molecule has 0 spiro atoms. The van der Waals surface area contributed by atoms with Gasteiger partial charge >= 0.3 is 6.03 Å². The van der Waals surface area contributed by atoms with Crippen LogP contribution in [0, 0.1) is 0 Å². The maximum absolute atomic E-state index is 11.9. The van der Waals surface area contributed by atoms with Crippen molar-refractivity contribution >= 4 is 11.9 Å². The molecule has 3 rings (SSSR count). The van der Waals surface area contributed by atoms with Gasteiger partial charge in [-0.1, -0.05) is 24.3 Å². The van der Waals surface area contributed by atoms with Gasteiger partial charge in [-0.15, -0.1) is 0 Å². The van der Waals surface area contributed by atoms with Gasteiger partial charge < -0.3 is 9.88 Å². The molecule has 0 bridgehead atoms. The average Bonchev–Trinajstić information content (AvgIpc) is 2.95. The minimum atomic E-state index is -1.01. The Bertz CT molecular complexity index is 689. The van der Waals surface area contributed by atoms with E-state index in [1.807, 2.05) is 35.9 Å². The van der Waals surface area contributed by atoms with Gasteiger partial charge in [0.2, 0.25) is 0 Å². The molecule has 0 saturated carbocycles. The summed E-state index contributed by atoms with van der Waals surface area (Å²) in [6.07, 6.45) is 3.51. The highest BCUT2D eigenvalue weighted by Gasteiger charge is 2.43. The fourth-order valence-electron chi connectivity index (χ4n) is 2.36. The molecule has 1 aliphatic heterocycles. The number of benzene rings is 1. The maximum atomic E-state index is 11.9. The van der Waals surface area contributed by atoms with Gasteiger partial charge in [0.1, 0.15) is 5.54 Å². The first kappa shape index (κ1) is 12.4. The van der Waals surface area contributed by atoms with E-state index in [1.165, 1.54) is 0 Å². The predicted octanol–water partition coefficient (Wildman–Crippen LogP) is 1.14. The van der Waals surface area contributed by atoms with Crippen molar-refractivity contribution in [3.63, 3.8) is 0 Å². The topological polar surface area (TPSA) is 76.0 Å². The number of carbonyl (C=O) groups is 2. The average molecular weight is 270 g/mol. The SMILES string of the molecule is Cn1cncc1-c1ccc([C@@]2(C)NC(=O)NC2=O)cc1. The number of imide groups is 1. The Morgan fingerprint density at radius 3 is 2.40 bits per heavy atom. The van der Waals surface area contributed by atoms with Crippen LogP contribution in [0.5, 0.6) is 0 Å². The third-order valence-electron chi connectivity index (χ3n) is 3.62. The van der Waals surface area contributed by atoms with Gasteiger partial charge in [-0.25, -0.2) is 9.78 Å². The number of aromatic nitrogens is 2. The van der Waals surface area contributed by atoms with E-state index in [1.54, 1.807) is 19.4 Å². The highest BCUT2D eigenvalue weighted by atomic mass is 16.2. The van der Waals surface area contributed by atoms with Gasteiger partial charge in [0.25, 0.3) is 5.91 Å². The second-order valence-electron chi connectivity index (χ2n) is 5.00. The van der Waals surface area contributed by atoms with Crippen LogP contribution in [0.15, 0.2) is 36.8 Å². The lowest BCUT2D eigenvalue weighted by Crippen LogP contribution is -2.40. The smallest absolute Gasteiger partial charge is 0.322 e. The van der Waals surface area contributed by atoms with Crippen LogP contribution in [-0.4, -0.2) is 21.5 Å². The summed E-state index contributed by atoms with van der Waals surface area (Å²) in [6.45, 7) is 1.69. The zero-order valence-electron chi connectivity index (χ0n) is 11.2. The number of aryl methyl sites for hydroxylation is 1. The Morgan fingerprint density at radius 1 is 1.20 bits per heavy atom. The van der Waals surface area contributed by atoms with Crippen LogP contribution >= 0.6 is 0 Å². The van der Waals surface area contributed by atoms with E-state index in [0.29, 0.717) is 0 Å². The molecular weight excluding hydrogens is 256 g/mol. The Balaban J connectivity index is 1.96. The normalized spacial score (nSPS) is 21.7. The molecule has 20 heavy (non-hydrogen) atoms. The first-order valence-electron chi connectivity index (χ1n) is 6.21. The van der Waals surface area contributed by atoms with Crippen LogP contribution in [-0.2, 0) is 17.4 Å². The Kier molecular flexibility index (Phi) is 2.60. The molecule has 6 heteroatoms. The first-order chi connectivity index (χ1) is 9.50. The van der Waals surface area contributed by atoms with E-state index in [0.717, 1.165) is 16.8 Å². The predicted molar refractivity (Wildman–Crippen MR) is 72.7 cm³/mol. The van der Waals surface area contributed by atoms with Crippen LogP contribution in [0.3, 0.4) is 0 Å². The van der Waals surface area contributed by atoms with Crippen LogP contribution in [0.25, 0.3) is 11.3 Å². The number of hydrogen-bond donors (Lipinski definition) is 2. The van der Waals surface area contributed by atoms with E-state index >= 15 is 0 Å². The summed E-state index contributed by atoms with van der Waals surface area (Å²) in [6, 6.07) is 7.04. The van der Waals surface area contributed by atoms with Gasteiger partial charge in [0.05, 0.1) is 18.2 Å². The molecule has 102 valence electrons. The number of imidazole rings is 1. The molecule has 1 fully saturated rings. The highest BCUT2D eigenvalue weighted by molar-refractivity contribution is 6.07. The van der Waals surface area contributed by atoms with Crippen molar-refractivity contribution in [1.82, 2.24) is 20.2 Å². The monoisotopic (exact) mass is 270 g/mol. The largest absolute Gasteiger partial charge is 0.334 e. The van der Waals surface area contributed by atoms with E-state index in [9.17, 15) is 9.59 Å². The third kappa shape index (κ3) is 1.77. The van der Waals surface area contributed by atoms with Gasteiger partial charge in [0, 0.05) is 7.05 Å². The molecule has 0 unspecified atom stereocenters. The molecule has 0 radical (unpaired) electrons. The van der Waals surface area contributed by atoms with Crippen molar-refractivity contribution in [1.29, 1.82) is 0 Å². The first-order valence-corrected chi connectivity index (χ1v) is 6.21. The Labute approximate surface area is 115 Å². The molecule has 3 amide bonds. The quantitative estimate of drug-likeness (QED) is 0.803. The Morgan fingerprint density at radius 2 is 1.90 bits per heavy atom. The van der Waals surface area contributed by atoms with E-state index in [2.05, 4.69) is 15.6 Å². The molecule has 1 aromatic carbocycles. The van der Waals surface area contributed by atoms with Gasteiger partial charge in [0.15, 0.2) is 0 Å². The second kappa shape index (κ2) is 4.19. The van der Waals surface area contributed by atoms with Crippen molar-refractivity contribution < 1.29 is 9.59 Å². The molecule has 1 aliphatic rings. The molecule has 1 atom stereocenters. The fraction of sp³-hybridized carbons (Fsp3) is 0.214. The summed E-state index contributed by atoms with van der Waals surface area (Å²) in [5.41, 5.74) is 1.72. The number of amides is 3. The van der Waals surface area contributed by atoms with Crippen molar-refractivity contribution in [3.8, 4) is 11.3 Å². The zero-order valence-corrected chi connectivity index (χ0v) is 11.2. The minimum absolute atomic E-state index is 0.337.